The van der Waals surface area contributed by atoms with Crippen LogP contribution < -0.4 is 19.7 Å². The molecule has 4 heterocycles. The van der Waals surface area contributed by atoms with Crippen LogP contribution in [0.3, 0.4) is 0 Å². The lowest BCUT2D eigenvalue weighted by Gasteiger charge is -2.37. The maximum atomic E-state index is 14.6. The molecule has 2 fully saturated rings. The van der Waals surface area contributed by atoms with Crippen molar-refractivity contribution in [2.24, 2.45) is 5.41 Å². The molecule has 0 radical (unpaired) electrons. The van der Waals surface area contributed by atoms with Gasteiger partial charge in [-0.2, -0.15) is 0 Å². The van der Waals surface area contributed by atoms with Crippen molar-refractivity contribution in [3.63, 3.8) is 0 Å². The summed E-state index contributed by atoms with van der Waals surface area (Å²) in [5.74, 6) is 0.616. The predicted octanol–water partition coefficient (Wildman–Crippen LogP) is 2.67. The number of fused-ring (bicyclic) bond motifs is 1. The molecule has 34 heavy (non-hydrogen) atoms. The summed E-state index contributed by atoms with van der Waals surface area (Å²) in [4.78, 5) is 11.3. The van der Waals surface area contributed by atoms with Gasteiger partial charge in [0.2, 0.25) is 5.88 Å². The first-order valence-corrected chi connectivity index (χ1v) is 13.0. The molecule has 2 aliphatic heterocycles. The average molecular weight is 487 g/mol. The van der Waals surface area contributed by atoms with Crippen LogP contribution >= 0.6 is 0 Å². The highest BCUT2D eigenvalue weighted by Crippen LogP contribution is 2.45. The van der Waals surface area contributed by atoms with E-state index in [1.165, 1.54) is 13.2 Å². The van der Waals surface area contributed by atoms with E-state index in [0.717, 1.165) is 24.2 Å². The number of halogens is 1. The van der Waals surface area contributed by atoms with E-state index >= 15 is 0 Å². The summed E-state index contributed by atoms with van der Waals surface area (Å²) >= 11 is 0. The molecule has 3 aromatic rings. The van der Waals surface area contributed by atoms with E-state index in [1.54, 1.807) is 18.3 Å². The Morgan fingerprint density at radius 3 is 2.74 bits per heavy atom. The summed E-state index contributed by atoms with van der Waals surface area (Å²) in [5, 5.41) is 3.69. The minimum Gasteiger partial charge on any atom is -0.494 e. The maximum Gasteiger partial charge on any atom is 0.213 e. The topological polar surface area (TPSA) is 93.7 Å². The number of benzene rings is 1. The average Bonchev–Trinajstić information content (AvgIpc) is 3.22. The standard InChI is InChI=1S/C24H27FN4O4S/c1-26-6-8-33-23-4-3-16(12-27-23)19-10-21(17-9-18(25)22(32-2)11-20(17)28-19)29-7-5-24(13-29)14-34(30,31)15-24/h3-4,9-12,26H,5-8,13-15H2,1-2H3. The molecule has 2 aromatic heterocycles. The Kier molecular flexibility index (Phi) is 5.81. The fourth-order valence-electron chi connectivity index (χ4n) is 4.92. The fraction of sp³-hybridized carbons (Fsp3) is 0.417. The number of rotatable bonds is 7. The Bertz CT molecular complexity index is 1320. The summed E-state index contributed by atoms with van der Waals surface area (Å²) in [6.07, 6.45) is 2.50. The van der Waals surface area contributed by atoms with E-state index in [4.69, 9.17) is 14.5 Å². The number of ether oxygens (including phenoxy) is 2. The molecule has 0 saturated carbocycles. The summed E-state index contributed by atoms with van der Waals surface area (Å²) in [6, 6.07) is 8.66. The molecule has 0 bridgehead atoms. The van der Waals surface area contributed by atoms with Gasteiger partial charge in [-0.25, -0.2) is 22.8 Å². The summed E-state index contributed by atoms with van der Waals surface area (Å²) in [7, 11) is 0.340. The number of methoxy groups -OCH3 is 1. The molecular formula is C24H27FN4O4S. The Morgan fingerprint density at radius 2 is 2.06 bits per heavy atom. The second-order valence-corrected chi connectivity index (χ2v) is 11.1. The summed E-state index contributed by atoms with van der Waals surface area (Å²) < 4.78 is 49.1. The highest BCUT2D eigenvalue weighted by Gasteiger charge is 2.52. The Morgan fingerprint density at radius 1 is 1.24 bits per heavy atom. The van der Waals surface area contributed by atoms with Crippen LogP contribution in [0.4, 0.5) is 10.1 Å². The van der Waals surface area contributed by atoms with E-state index < -0.39 is 15.7 Å². The Balaban J connectivity index is 1.53. The minimum atomic E-state index is -2.94. The van der Waals surface area contributed by atoms with Gasteiger partial charge < -0.3 is 19.7 Å². The number of nitrogens with one attached hydrogen (secondary N) is 1. The van der Waals surface area contributed by atoms with Crippen LogP contribution in [0.2, 0.25) is 0 Å². The molecule has 1 N–H and O–H groups in total. The molecule has 0 unspecified atom stereocenters. The van der Waals surface area contributed by atoms with Gasteiger partial charge in [-0.15, -0.1) is 0 Å². The monoisotopic (exact) mass is 486 g/mol. The van der Waals surface area contributed by atoms with E-state index in [2.05, 4.69) is 15.2 Å². The van der Waals surface area contributed by atoms with E-state index in [0.29, 0.717) is 42.2 Å². The lowest BCUT2D eigenvalue weighted by Crippen LogP contribution is -2.50. The minimum absolute atomic E-state index is 0.123. The number of likely N-dealkylation sites (N-methyl/N-ethyl adjacent to an activating group) is 1. The zero-order valence-corrected chi connectivity index (χ0v) is 20.0. The van der Waals surface area contributed by atoms with E-state index in [9.17, 15) is 12.8 Å². The summed E-state index contributed by atoms with van der Waals surface area (Å²) in [6.45, 7) is 2.56. The molecule has 10 heteroatoms. The fourth-order valence-corrected chi connectivity index (χ4v) is 7.17. The van der Waals surface area contributed by atoms with Crippen LogP contribution in [0.5, 0.6) is 11.6 Å². The SMILES string of the molecule is CNCCOc1ccc(-c2cc(N3CCC4(C3)CS(=O)(=O)C4)c3cc(F)c(OC)cc3n2)cn1. The van der Waals surface area contributed by atoms with Crippen molar-refractivity contribution in [1.29, 1.82) is 0 Å². The van der Waals surface area contributed by atoms with Crippen molar-refractivity contribution in [3.05, 3.63) is 42.3 Å². The van der Waals surface area contributed by atoms with Crippen molar-refractivity contribution in [3.8, 4) is 22.9 Å². The molecule has 8 nitrogen and oxygen atoms in total. The van der Waals surface area contributed by atoms with Crippen LogP contribution in [0.1, 0.15) is 6.42 Å². The molecule has 2 aliphatic rings. The van der Waals surface area contributed by atoms with Crippen molar-refractivity contribution in [2.45, 2.75) is 6.42 Å². The van der Waals surface area contributed by atoms with Gasteiger partial charge in [-0.1, -0.05) is 0 Å². The van der Waals surface area contributed by atoms with Gasteiger partial charge in [0.05, 0.1) is 29.8 Å². The smallest absolute Gasteiger partial charge is 0.213 e. The van der Waals surface area contributed by atoms with Crippen LogP contribution in [-0.2, 0) is 9.84 Å². The molecular weight excluding hydrogens is 459 g/mol. The maximum absolute atomic E-state index is 14.6. The molecule has 0 amide bonds. The molecule has 5 rings (SSSR count). The van der Waals surface area contributed by atoms with Crippen molar-refractivity contribution in [2.75, 3.05) is 56.8 Å². The highest BCUT2D eigenvalue weighted by atomic mass is 32.2. The second kappa shape index (κ2) is 8.66. The number of anilines is 1. The molecule has 0 atom stereocenters. The van der Waals surface area contributed by atoms with Crippen LogP contribution in [0, 0.1) is 11.2 Å². The Hall–Kier alpha value is -2.98. The Labute approximate surface area is 198 Å². The molecule has 2 saturated heterocycles. The van der Waals surface area contributed by atoms with Crippen LogP contribution in [0.25, 0.3) is 22.2 Å². The number of hydrogen-bond acceptors (Lipinski definition) is 8. The number of sulfone groups is 1. The van der Waals surface area contributed by atoms with Gasteiger partial charge in [-0.3, -0.25) is 0 Å². The second-order valence-electron chi connectivity index (χ2n) is 9.07. The lowest BCUT2D eigenvalue weighted by atomic mass is 9.91. The van der Waals surface area contributed by atoms with E-state index in [-0.39, 0.29) is 22.7 Å². The third kappa shape index (κ3) is 4.27. The van der Waals surface area contributed by atoms with Gasteiger partial charge in [-0.05, 0) is 31.7 Å². The number of nitrogens with zero attached hydrogens (tertiary/aromatic N) is 3. The lowest BCUT2D eigenvalue weighted by molar-refractivity contribution is 0.306. The molecule has 1 aromatic carbocycles. The number of hydrogen-bond donors (Lipinski definition) is 1. The third-order valence-corrected chi connectivity index (χ3v) is 8.63. The van der Waals surface area contributed by atoms with Gasteiger partial charge in [0.1, 0.15) is 6.61 Å². The van der Waals surface area contributed by atoms with Gasteiger partial charge in [0, 0.05) is 60.0 Å². The van der Waals surface area contributed by atoms with Crippen molar-refractivity contribution in [1.82, 2.24) is 15.3 Å². The molecule has 180 valence electrons. The molecule has 0 aliphatic carbocycles. The zero-order chi connectivity index (χ0) is 23.9. The zero-order valence-electron chi connectivity index (χ0n) is 19.2. The van der Waals surface area contributed by atoms with Crippen molar-refractivity contribution < 1.29 is 22.3 Å². The molecule has 1 spiro atoms. The number of pyridine rings is 2. The van der Waals surface area contributed by atoms with Crippen LogP contribution in [-0.4, -0.2) is 70.3 Å². The third-order valence-electron chi connectivity index (χ3n) is 6.53. The van der Waals surface area contributed by atoms with E-state index in [1.807, 2.05) is 19.2 Å². The van der Waals surface area contributed by atoms with Gasteiger partial charge in [0.15, 0.2) is 21.4 Å². The largest absolute Gasteiger partial charge is 0.494 e. The number of aromatic nitrogens is 2. The van der Waals surface area contributed by atoms with Gasteiger partial charge in [0.25, 0.3) is 0 Å². The first-order valence-electron chi connectivity index (χ1n) is 11.2. The first-order chi connectivity index (χ1) is 16.3. The quantitative estimate of drug-likeness (QED) is 0.510. The van der Waals surface area contributed by atoms with Crippen LogP contribution in [0.15, 0.2) is 36.5 Å². The highest BCUT2D eigenvalue weighted by molar-refractivity contribution is 7.92. The van der Waals surface area contributed by atoms with Crippen molar-refractivity contribution >= 4 is 26.4 Å². The normalized spacial score (nSPS) is 18.3. The summed E-state index contributed by atoms with van der Waals surface area (Å²) in [5.41, 5.74) is 2.70. The predicted molar refractivity (Wildman–Crippen MR) is 129 cm³/mol. The van der Waals surface area contributed by atoms with Gasteiger partial charge >= 0.3 is 0 Å². The first kappa shape index (κ1) is 22.8.